The van der Waals surface area contributed by atoms with E-state index in [2.05, 4.69) is 14.5 Å². The summed E-state index contributed by atoms with van der Waals surface area (Å²) in [4.78, 5) is 15.0. The number of hydrogen-bond acceptors (Lipinski definition) is 5. The van der Waals surface area contributed by atoms with E-state index in [9.17, 15) is 18.0 Å². The molecule has 8 heteroatoms. The molecule has 0 aliphatic rings. The van der Waals surface area contributed by atoms with Crippen molar-refractivity contribution in [2.45, 2.75) is 26.3 Å². The first-order valence-electron chi connectivity index (χ1n) is 5.29. The maximum atomic E-state index is 12.2. The highest BCUT2D eigenvalue weighted by atomic mass is 19.4. The van der Waals surface area contributed by atoms with Crippen molar-refractivity contribution in [1.82, 2.24) is 4.98 Å². The maximum Gasteiger partial charge on any atom is 0.573 e. The van der Waals surface area contributed by atoms with Crippen LogP contribution in [-0.2, 0) is 22.5 Å². The number of aromatic nitrogens is 1. The Morgan fingerprint density at radius 1 is 1.47 bits per heavy atom. The number of esters is 1. The summed E-state index contributed by atoms with van der Waals surface area (Å²) in [6, 6.07) is 1.33. The largest absolute Gasteiger partial charge is 0.573 e. The van der Waals surface area contributed by atoms with Crippen LogP contribution in [0.15, 0.2) is 6.07 Å². The fourth-order valence-corrected chi connectivity index (χ4v) is 1.50. The topological polar surface area (TPSA) is 74.4 Å². The molecule has 1 aromatic rings. The number of halogens is 3. The van der Waals surface area contributed by atoms with Gasteiger partial charge in [0, 0.05) is 6.54 Å². The van der Waals surface area contributed by atoms with Crippen LogP contribution in [-0.4, -0.2) is 24.4 Å². The Balaban J connectivity index is 3.11. The summed E-state index contributed by atoms with van der Waals surface area (Å²) in [7, 11) is 1.21. The minimum Gasteiger partial charge on any atom is -0.469 e. The van der Waals surface area contributed by atoms with Gasteiger partial charge in [-0.1, -0.05) is 0 Å². The highest BCUT2D eigenvalue weighted by Gasteiger charge is 2.33. The van der Waals surface area contributed by atoms with Gasteiger partial charge in [0.15, 0.2) is 5.75 Å². The van der Waals surface area contributed by atoms with E-state index in [-0.39, 0.29) is 29.9 Å². The summed E-state index contributed by atoms with van der Waals surface area (Å²) in [6.07, 6.45) is -4.96. The molecule has 5 nitrogen and oxygen atoms in total. The lowest BCUT2D eigenvalue weighted by atomic mass is 10.1. The summed E-state index contributed by atoms with van der Waals surface area (Å²) in [5.41, 5.74) is 5.76. The second-order valence-corrected chi connectivity index (χ2v) is 3.71. The molecule has 0 bridgehead atoms. The number of carbonyl (C=O) groups is 1. The van der Waals surface area contributed by atoms with E-state index in [1.165, 1.54) is 20.1 Å². The number of methoxy groups -OCH3 is 1. The van der Waals surface area contributed by atoms with E-state index in [4.69, 9.17) is 5.73 Å². The molecule has 1 aromatic heterocycles. The van der Waals surface area contributed by atoms with Crippen molar-refractivity contribution in [2.75, 3.05) is 7.11 Å². The molecular weight excluding hydrogens is 265 g/mol. The highest BCUT2D eigenvalue weighted by molar-refractivity contribution is 5.72. The predicted molar refractivity (Wildman–Crippen MR) is 59.3 cm³/mol. The summed E-state index contributed by atoms with van der Waals surface area (Å²) in [5, 5.41) is 0. The zero-order valence-corrected chi connectivity index (χ0v) is 10.4. The van der Waals surface area contributed by atoms with Crippen molar-refractivity contribution in [3.05, 3.63) is 23.0 Å². The lowest BCUT2D eigenvalue weighted by Gasteiger charge is -2.15. The molecule has 0 aliphatic heterocycles. The van der Waals surface area contributed by atoms with E-state index < -0.39 is 18.1 Å². The number of rotatable bonds is 4. The van der Waals surface area contributed by atoms with Crippen LogP contribution in [0.3, 0.4) is 0 Å². The average molecular weight is 278 g/mol. The van der Waals surface area contributed by atoms with Crippen LogP contribution in [0.25, 0.3) is 0 Å². The Kier molecular flexibility index (Phi) is 4.71. The van der Waals surface area contributed by atoms with E-state index in [1.54, 1.807) is 0 Å². The molecule has 0 atom stereocenters. The average Bonchev–Trinajstić information content (AvgIpc) is 2.30. The monoisotopic (exact) mass is 278 g/mol. The van der Waals surface area contributed by atoms with Crippen molar-refractivity contribution in [1.29, 1.82) is 0 Å². The molecule has 1 heterocycles. The molecule has 19 heavy (non-hydrogen) atoms. The van der Waals surface area contributed by atoms with Gasteiger partial charge in [-0.15, -0.1) is 13.2 Å². The number of carbonyl (C=O) groups excluding carboxylic acids is 1. The third-order valence-corrected chi connectivity index (χ3v) is 2.25. The zero-order chi connectivity index (χ0) is 14.6. The fourth-order valence-electron chi connectivity index (χ4n) is 1.50. The van der Waals surface area contributed by atoms with Crippen LogP contribution in [0, 0.1) is 6.92 Å². The lowest BCUT2D eigenvalue weighted by molar-refractivity contribution is -0.275. The molecule has 0 spiro atoms. The number of ether oxygens (including phenoxy) is 2. The predicted octanol–water partition coefficient (Wildman–Crippen LogP) is 1.46. The number of hydrogen-bond donors (Lipinski definition) is 1. The van der Waals surface area contributed by atoms with Crippen molar-refractivity contribution in [3.8, 4) is 5.75 Å². The van der Waals surface area contributed by atoms with Crippen LogP contribution in [0.4, 0.5) is 13.2 Å². The van der Waals surface area contributed by atoms with Crippen molar-refractivity contribution >= 4 is 5.97 Å². The molecule has 0 unspecified atom stereocenters. The third-order valence-electron chi connectivity index (χ3n) is 2.25. The van der Waals surface area contributed by atoms with Gasteiger partial charge in [-0.05, 0) is 18.6 Å². The first-order chi connectivity index (χ1) is 8.76. The van der Waals surface area contributed by atoms with Crippen LogP contribution in [0.2, 0.25) is 0 Å². The van der Waals surface area contributed by atoms with E-state index in [0.717, 1.165) is 0 Å². The van der Waals surface area contributed by atoms with E-state index >= 15 is 0 Å². The van der Waals surface area contributed by atoms with Gasteiger partial charge < -0.3 is 15.2 Å². The molecular formula is C11H13F3N2O3. The van der Waals surface area contributed by atoms with Gasteiger partial charge >= 0.3 is 12.3 Å². The Morgan fingerprint density at radius 2 is 2.11 bits per heavy atom. The molecule has 0 aliphatic carbocycles. The molecule has 0 radical (unpaired) electrons. The second kappa shape index (κ2) is 5.87. The van der Waals surface area contributed by atoms with Gasteiger partial charge in [-0.2, -0.15) is 0 Å². The first kappa shape index (κ1) is 15.2. The minimum absolute atomic E-state index is 0.0590. The van der Waals surface area contributed by atoms with Crippen molar-refractivity contribution in [2.24, 2.45) is 5.73 Å². The number of nitrogens with zero attached hydrogens (tertiary/aromatic N) is 1. The van der Waals surface area contributed by atoms with Crippen LogP contribution < -0.4 is 10.5 Å². The minimum atomic E-state index is -4.82. The molecule has 2 N–H and O–H groups in total. The van der Waals surface area contributed by atoms with Gasteiger partial charge in [0.1, 0.15) is 0 Å². The molecule has 0 aromatic carbocycles. The maximum absolute atomic E-state index is 12.2. The number of pyridine rings is 1. The fraction of sp³-hybridized carbons (Fsp3) is 0.455. The van der Waals surface area contributed by atoms with Crippen LogP contribution in [0.1, 0.15) is 17.0 Å². The van der Waals surface area contributed by atoms with Crippen molar-refractivity contribution < 1.29 is 27.4 Å². The normalized spacial score (nSPS) is 11.3. The Labute approximate surface area is 107 Å². The van der Waals surface area contributed by atoms with Crippen molar-refractivity contribution in [3.63, 3.8) is 0 Å². The summed E-state index contributed by atoms with van der Waals surface area (Å²) >= 11 is 0. The molecule has 0 saturated carbocycles. The molecule has 0 amide bonds. The molecule has 0 saturated heterocycles. The first-order valence-corrected chi connectivity index (χ1v) is 5.29. The van der Waals surface area contributed by atoms with Gasteiger partial charge in [-0.3, -0.25) is 9.78 Å². The standard InChI is InChI=1S/C11H13F3N2O3/c1-6-3-7(4-9(17)18-2)16-8(5-15)10(6)19-11(12,13)14/h3H,4-5,15H2,1-2H3. The Bertz CT molecular complexity index is 475. The smallest absolute Gasteiger partial charge is 0.469 e. The van der Waals surface area contributed by atoms with Gasteiger partial charge in [-0.25, -0.2) is 0 Å². The zero-order valence-electron chi connectivity index (χ0n) is 10.4. The Morgan fingerprint density at radius 3 is 2.58 bits per heavy atom. The summed E-state index contributed by atoms with van der Waals surface area (Å²) in [6.45, 7) is 1.18. The highest BCUT2D eigenvalue weighted by Crippen LogP contribution is 2.29. The summed E-state index contributed by atoms with van der Waals surface area (Å²) in [5.74, 6) is -0.969. The Hall–Kier alpha value is -1.83. The lowest BCUT2D eigenvalue weighted by Crippen LogP contribution is -2.21. The second-order valence-electron chi connectivity index (χ2n) is 3.71. The summed E-state index contributed by atoms with van der Waals surface area (Å²) < 4.78 is 45.1. The van der Waals surface area contributed by atoms with Gasteiger partial charge in [0.2, 0.25) is 0 Å². The van der Waals surface area contributed by atoms with Gasteiger partial charge in [0.25, 0.3) is 0 Å². The molecule has 0 fully saturated rings. The number of nitrogens with two attached hydrogens (primary N) is 1. The van der Waals surface area contributed by atoms with Crippen LogP contribution in [0.5, 0.6) is 5.75 Å². The molecule has 1 rings (SSSR count). The number of aryl methyl sites for hydroxylation is 1. The van der Waals surface area contributed by atoms with Crippen LogP contribution >= 0.6 is 0 Å². The van der Waals surface area contributed by atoms with E-state index in [1.807, 2.05) is 0 Å². The van der Waals surface area contributed by atoms with Gasteiger partial charge in [0.05, 0.1) is 24.9 Å². The SMILES string of the molecule is COC(=O)Cc1cc(C)c(OC(F)(F)F)c(CN)n1. The quantitative estimate of drug-likeness (QED) is 0.844. The van der Waals surface area contributed by atoms with E-state index in [0.29, 0.717) is 0 Å². The third kappa shape index (κ3) is 4.40. The molecule has 106 valence electrons. The number of alkyl halides is 3.